The number of H-pyrrole nitrogens is 1. The summed E-state index contributed by atoms with van der Waals surface area (Å²) in [6.07, 6.45) is 3.29. The molecule has 0 aliphatic carbocycles. The number of pyridine rings is 1. The number of fused-ring (bicyclic) bond motifs is 1. The van der Waals surface area contributed by atoms with Gasteiger partial charge in [-0.15, -0.1) is 0 Å². The van der Waals surface area contributed by atoms with Crippen molar-refractivity contribution < 1.29 is 4.74 Å². The van der Waals surface area contributed by atoms with Crippen molar-refractivity contribution in [2.45, 2.75) is 38.8 Å². The predicted molar refractivity (Wildman–Crippen MR) is 122 cm³/mol. The van der Waals surface area contributed by atoms with E-state index in [2.05, 4.69) is 34.2 Å². The van der Waals surface area contributed by atoms with Crippen molar-refractivity contribution in [1.82, 2.24) is 20.1 Å². The molecule has 2 heterocycles. The highest BCUT2D eigenvalue weighted by Crippen LogP contribution is 2.18. The topological polar surface area (TPSA) is 60.6 Å². The monoisotopic (exact) mass is 416 g/mol. The van der Waals surface area contributed by atoms with E-state index in [9.17, 15) is 4.79 Å². The number of hydrogen-bond donors (Lipinski definition) is 2. The maximum Gasteiger partial charge on any atom is 0.253 e. The molecule has 1 aromatic carbocycles. The molecule has 1 aliphatic heterocycles. The van der Waals surface area contributed by atoms with Gasteiger partial charge in [0, 0.05) is 25.3 Å². The Morgan fingerprint density at radius 2 is 2.21 bits per heavy atom. The summed E-state index contributed by atoms with van der Waals surface area (Å²) in [5, 5.41) is 5.09. The second kappa shape index (κ2) is 10.2. The SMILES string of the molecule is Cc1cccc2cc(CN(C[C@@H]3CCCO3)C(=S)NCCCN(C)C)c(=O)[nH]c12. The van der Waals surface area contributed by atoms with Crippen LogP contribution in [0.3, 0.4) is 0 Å². The van der Waals surface area contributed by atoms with E-state index >= 15 is 0 Å². The lowest BCUT2D eigenvalue weighted by Gasteiger charge is -2.28. The summed E-state index contributed by atoms with van der Waals surface area (Å²) in [7, 11) is 4.13. The number of rotatable bonds is 8. The van der Waals surface area contributed by atoms with Crippen LogP contribution in [-0.2, 0) is 11.3 Å². The van der Waals surface area contributed by atoms with Crippen molar-refractivity contribution in [3.05, 3.63) is 45.7 Å². The summed E-state index contributed by atoms with van der Waals surface area (Å²) in [4.78, 5) is 20.0. The van der Waals surface area contributed by atoms with Crippen LogP contribution >= 0.6 is 12.2 Å². The number of aryl methyl sites for hydroxylation is 1. The second-order valence-corrected chi connectivity index (χ2v) is 8.45. The summed E-state index contributed by atoms with van der Waals surface area (Å²) in [5.74, 6) is 0. The second-order valence-electron chi connectivity index (χ2n) is 8.07. The molecule has 1 fully saturated rings. The van der Waals surface area contributed by atoms with Gasteiger partial charge in [-0.1, -0.05) is 18.2 Å². The van der Waals surface area contributed by atoms with Gasteiger partial charge in [-0.2, -0.15) is 0 Å². The molecule has 0 saturated carbocycles. The van der Waals surface area contributed by atoms with Gasteiger partial charge in [0.2, 0.25) is 0 Å². The van der Waals surface area contributed by atoms with E-state index in [4.69, 9.17) is 17.0 Å². The van der Waals surface area contributed by atoms with E-state index in [1.165, 1.54) is 0 Å². The van der Waals surface area contributed by atoms with Gasteiger partial charge in [-0.05, 0) is 76.1 Å². The van der Waals surface area contributed by atoms with E-state index in [0.29, 0.717) is 18.2 Å². The smallest absolute Gasteiger partial charge is 0.253 e. The molecule has 1 atom stereocenters. The Morgan fingerprint density at radius 3 is 2.93 bits per heavy atom. The number of thiocarbonyl (C=S) groups is 1. The highest BCUT2D eigenvalue weighted by molar-refractivity contribution is 7.80. The molecule has 29 heavy (non-hydrogen) atoms. The van der Waals surface area contributed by atoms with Gasteiger partial charge < -0.3 is 24.8 Å². The van der Waals surface area contributed by atoms with E-state index in [1.54, 1.807) is 0 Å². The molecule has 0 unspecified atom stereocenters. The molecule has 7 heteroatoms. The van der Waals surface area contributed by atoms with Crippen molar-refractivity contribution in [2.24, 2.45) is 0 Å². The minimum atomic E-state index is -0.0560. The fourth-order valence-electron chi connectivity index (χ4n) is 3.71. The Labute approximate surface area is 178 Å². The van der Waals surface area contributed by atoms with Crippen LogP contribution in [0.1, 0.15) is 30.4 Å². The standard InChI is InChI=1S/C22H32N4O2S/c1-16-7-4-8-17-13-18(21(27)24-20(16)17)14-26(15-19-9-5-12-28-19)22(29)23-10-6-11-25(2)3/h4,7-8,13,19H,5-6,9-12,14-15H2,1-3H3,(H,23,29)(H,24,27)/t19-/m0/s1. The molecule has 3 rings (SSSR count). The van der Waals surface area contributed by atoms with Gasteiger partial charge in [0.25, 0.3) is 5.56 Å². The fourth-order valence-corrected chi connectivity index (χ4v) is 3.95. The predicted octanol–water partition coefficient (Wildman–Crippen LogP) is 2.64. The summed E-state index contributed by atoms with van der Waals surface area (Å²) < 4.78 is 5.82. The largest absolute Gasteiger partial charge is 0.376 e. The van der Waals surface area contributed by atoms with Crippen LogP contribution in [-0.4, -0.2) is 66.3 Å². The molecule has 1 saturated heterocycles. The Hall–Kier alpha value is -1.96. The molecule has 0 spiro atoms. The number of aromatic nitrogens is 1. The minimum absolute atomic E-state index is 0.0560. The lowest BCUT2D eigenvalue weighted by Crippen LogP contribution is -2.44. The first-order valence-corrected chi connectivity index (χ1v) is 10.8. The Kier molecular flexibility index (Phi) is 7.64. The van der Waals surface area contributed by atoms with Crippen molar-refractivity contribution in [1.29, 1.82) is 0 Å². The van der Waals surface area contributed by atoms with Gasteiger partial charge in [0.1, 0.15) is 0 Å². The maximum absolute atomic E-state index is 12.7. The van der Waals surface area contributed by atoms with Crippen molar-refractivity contribution in [3.8, 4) is 0 Å². The number of para-hydroxylation sites is 1. The van der Waals surface area contributed by atoms with E-state index < -0.39 is 0 Å². The normalized spacial score (nSPS) is 16.5. The Balaban J connectivity index is 1.75. The summed E-state index contributed by atoms with van der Waals surface area (Å²) in [5.41, 5.74) is 2.63. The first kappa shape index (κ1) is 21.7. The van der Waals surface area contributed by atoms with Gasteiger partial charge >= 0.3 is 0 Å². The van der Waals surface area contributed by atoms with Crippen LogP contribution in [0.4, 0.5) is 0 Å². The first-order chi connectivity index (χ1) is 13.9. The fraction of sp³-hybridized carbons (Fsp3) is 0.545. The Bertz CT molecular complexity index is 890. The molecule has 6 nitrogen and oxygen atoms in total. The average Bonchev–Trinajstić information content (AvgIpc) is 3.19. The van der Waals surface area contributed by atoms with E-state index in [-0.39, 0.29) is 11.7 Å². The third-order valence-corrected chi connectivity index (χ3v) is 5.72. The first-order valence-electron chi connectivity index (χ1n) is 10.3. The number of nitrogens with zero attached hydrogens (tertiary/aromatic N) is 2. The maximum atomic E-state index is 12.7. The number of ether oxygens (including phenoxy) is 1. The quantitative estimate of drug-likeness (QED) is 0.510. The molecule has 1 aliphatic rings. The number of nitrogens with one attached hydrogen (secondary N) is 2. The average molecular weight is 417 g/mol. The van der Waals surface area contributed by atoms with Crippen LogP contribution in [0, 0.1) is 6.92 Å². The highest BCUT2D eigenvalue weighted by atomic mass is 32.1. The Morgan fingerprint density at radius 1 is 1.38 bits per heavy atom. The van der Waals surface area contributed by atoms with Gasteiger partial charge in [0.15, 0.2) is 5.11 Å². The zero-order valence-electron chi connectivity index (χ0n) is 17.7. The molecule has 0 radical (unpaired) electrons. The molecule has 2 N–H and O–H groups in total. The summed E-state index contributed by atoms with van der Waals surface area (Å²) in [6.45, 7) is 5.80. The molecule has 2 aromatic rings. The summed E-state index contributed by atoms with van der Waals surface area (Å²) in [6, 6.07) is 8.04. The van der Waals surface area contributed by atoms with Crippen molar-refractivity contribution in [3.63, 3.8) is 0 Å². The van der Waals surface area contributed by atoms with E-state index in [0.717, 1.165) is 61.0 Å². The summed E-state index contributed by atoms with van der Waals surface area (Å²) >= 11 is 5.68. The molecule has 1 aromatic heterocycles. The molecule has 158 valence electrons. The zero-order valence-corrected chi connectivity index (χ0v) is 18.5. The lowest BCUT2D eigenvalue weighted by molar-refractivity contribution is 0.0897. The van der Waals surface area contributed by atoms with Crippen LogP contribution in [0.5, 0.6) is 0 Å². The van der Waals surface area contributed by atoms with Crippen LogP contribution in [0.15, 0.2) is 29.1 Å². The molecular weight excluding hydrogens is 384 g/mol. The third kappa shape index (κ3) is 6.01. The lowest BCUT2D eigenvalue weighted by atomic mass is 10.1. The number of benzene rings is 1. The van der Waals surface area contributed by atoms with Crippen molar-refractivity contribution >= 4 is 28.2 Å². The van der Waals surface area contributed by atoms with Gasteiger partial charge in [0.05, 0.1) is 18.2 Å². The number of aromatic amines is 1. The van der Waals surface area contributed by atoms with E-state index in [1.807, 2.05) is 31.2 Å². The number of hydrogen-bond acceptors (Lipinski definition) is 4. The van der Waals surface area contributed by atoms with Crippen LogP contribution < -0.4 is 10.9 Å². The minimum Gasteiger partial charge on any atom is -0.376 e. The molecule has 0 amide bonds. The van der Waals surface area contributed by atoms with Crippen LogP contribution in [0.2, 0.25) is 0 Å². The molecular formula is C22H32N4O2S. The molecule has 0 bridgehead atoms. The van der Waals surface area contributed by atoms with Crippen molar-refractivity contribution in [2.75, 3.05) is 40.3 Å². The highest BCUT2D eigenvalue weighted by Gasteiger charge is 2.22. The zero-order chi connectivity index (χ0) is 20.8. The van der Waals surface area contributed by atoms with Crippen LogP contribution in [0.25, 0.3) is 10.9 Å². The van der Waals surface area contributed by atoms with Gasteiger partial charge in [-0.3, -0.25) is 4.79 Å². The third-order valence-electron chi connectivity index (χ3n) is 5.32. The van der Waals surface area contributed by atoms with Gasteiger partial charge in [-0.25, -0.2) is 0 Å².